The van der Waals surface area contributed by atoms with E-state index in [2.05, 4.69) is 0 Å². The maximum absolute atomic E-state index is 12.8. The molecule has 0 amide bonds. The van der Waals surface area contributed by atoms with Crippen molar-refractivity contribution < 1.29 is 31.4 Å². The average Bonchev–Trinajstić information content (AvgIpc) is 2.24. The summed E-state index contributed by atoms with van der Waals surface area (Å²) in [6.07, 6.45) is -11.3. The molecule has 7 heteroatoms. The zero-order valence-corrected chi connectivity index (χ0v) is 10.1. The van der Waals surface area contributed by atoms with Crippen LogP contribution in [0.25, 0.3) is 0 Å². The number of alkyl halides is 6. The number of hydrogen-bond acceptors (Lipinski definition) is 1. The summed E-state index contributed by atoms with van der Waals surface area (Å²) in [6.45, 7) is 2.95. The maximum Gasteiger partial charge on any atom is 0.416 e. The Kier molecular flexibility index (Phi) is 4.19. The highest BCUT2D eigenvalue weighted by molar-refractivity contribution is 5.37. The Labute approximate surface area is 105 Å². The van der Waals surface area contributed by atoms with Crippen LogP contribution in [-0.4, -0.2) is 5.11 Å². The molecule has 0 radical (unpaired) electrons. The maximum atomic E-state index is 12.8. The summed E-state index contributed by atoms with van der Waals surface area (Å²) in [5, 5.41) is 9.65. The summed E-state index contributed by atoms with van der Waals surface area (Å²) in [7, 11) is 0. The van der Waals surface area contributed by atoms with Crippen molar-refractivity contribution in [1.82, 2.24) is 0 Å². The minimum Gasteiger partial charge on any atom is -0.388 e. The van der Waals surface area contributed by atoms with Crippen LogP contribution in [0.2, 0.25) is 0 Å². The lowest BCUT2D eigenvalue weighted by atomic mass is 9.93. The van der Waals surface area contributed by atoms with Crippen molar-refractivity contribution >= 4 is 0 Å². The van der Waals surface area contributed by atoms with Gasteiger partial charge in [-0.15, -0.1) is 0 Å². The first-order valence-corrected chi connectivity index (χ1v) is 5.41. The first-order chi connectivity index (χ1) is 8.44. The standard InChI is InChI=1S/C12H12F6O/c1-6(2)10(19)8-4-3-7(11(13,14)15)5-9(8)12(16,17)18/h3-6,10,19H,1-2H3. The Hall–Kier alpha value is -1.24. The second-order valence-corrected chi connectivity index (χ2v) is 4.49. The van der Waals surface area contributed by atoms with Crippen LogP contribution in [-0.2, 0) is 12.4 Å². The van der Waals surface area contributed by atoms with Crippen LogP contribution in [0.15, 0.2) is 18.2 Å². The van der Waals surface area contributed by atoms with Gasteiger partial charge in [0.2, 0.25) is 0 Å². The summed E-state index contributed by atoms with van der Waals surface area (Å²) < 4.78 is 75.5. The van der Waals surface area contributed by atoms with Crippen molar-refractivity contribution in [2.75, 3.05) is 0 Å². The van der Waals surface area contributed by atoms with E-state index in [1.165, 1.54) is 13.8 Å². The molecule has 1 unspecified atom stereocenters. The molecule has 0 aromatic heterocycles. The molecule has 108 valence electrons. The van der Waals surface area contributed by atoms with Gasteiger partial charge in [0.1, 0.15) is 0 Å². The van der Waals surface area contributed by atoms with E-state index >= 15 is 0 Å². The van der Waals surface area contributed by atoms with Gasteiger partial charge in [0.05, 0.1) is 17.2 Å². The van der Waals surface area contributed by atoms with Gasteiger partial charge in [-0.1, -0.05) is 19.9 Å². The van der Waals surface area contributed by atoms with Crippen LogP contribution in [0.3, 0.4) is 0 Å². The highest BCUT2D eigenvalue weighted by Gasteiger charge is 2.39. The van der Waals surface area contributed by atoms with E-state index in [-0.39, 0.29) is 6.07 Å². The largest absolute Gasteiger partial charge is 0.416 e. The van der Waals surface area contributed by atoms with E-state index in [0.29, 0.717) is 12.1 Å². The first-order valence-electron chi connectivity index (χ1n) is 5.41. The van der Waals surface area contributed by atoms with Gasteiger partial charge in [-0.2, -0.15) is 26.3 Å². The Morgan fingerprint density at radius 3 is 1.84 bits per heavy atom. The van der Waals surface area contributed by atoms with Gasteiger partial charge in [-0.3, -0.25) is 0 Å². The highest BCUT2D eigenvalue weighted by atomic mass is 19.4. The number of benzene rings is 1. The minimum atomic E-state index is -4.95. The zero-order chi connectivity index (χ0) is 15.0. The average molecular weight is 286 g/mol. The normalized spacial score (nSPS) is 14.8. The van der Waals surface area contributed by atoms with E-state index in [1.54, 1.807) is 0 Å². The molecule has 0 aliphatic rings. The third-order valence-electron chi connectivity index (χ3n) is 2.64. The van der Waals surface area contributed by atoms with Gasteiger partial charge >= 0.3 is 12.4 Å². The zero-order valence-electron chi connectivity index (χ0n) is 10.1. The topological polar surface area (TPSA) is 20.2 Å². The van der Waals surface area contributed by atoms with Crippen LogP contribution in [0.4, 0.5) is 26.3 Å². The molecule has 1 N–H and O–H groups in total. The molecule has 0 saturated heterocycles. The fourth-order valence-electron chi connectivity index (χ4n) is 1.60. The van der Waals surface area contributed by atoms with E-state index in [4.69, 9.17) is 0 Å². The van der Waals surface area contributed by atoms with Crippen molar-refractivity contribution in [3.05, 3.63) is 34.9 Å². The minimum absolute atomic E-state index is 0.0287. The molecule has 0 fully saturated rings. The van der Waals surface area contributed by atoms with E-state index in [9.17, 15) is 31.4 Å². The second-order valence-electron chi connectivity index (χ2n) is 4.49. The van der Waals surface area contributed by atoms with Crippen molar-refractivity contribution in [3.63, 3.8) is 0 Å². The number of rotatable bonds is 2. The first kappa shape index (κ1) is 15.8. The predicted octanol–water partition coefficient (Wildman–Crippen LogP) is 4.41. The Bertz CT molecular complexity index is 447. The van der Waals surface area contributed by atoms with Crippen LogP contribution in [0.1, 0.15) is 36.6 Å². The Balaban J connectivity index is 3.42. The van der Waals surface area contributed by atoms with Gasteiger partial charge < -0.3 is 5.11 Å². The SMILES string of the molecule is CC(C)C(O)c1ccc(C(F)(F)F)cc1C(F)(F)F. The lowest BCUT2D eigenvalue weighted by Gasteiger charge is -2.21. The number of aliphatic hydroxyl groups excluding tert-OH is 1. The van der Waals surface area contributed by atoms with Crippen molar-refractivity contribution in [2.45, 2.75) is 32.3 Å². The number of halogens is 6. The van der Waals surface area contributed by atoms with Crippen LogP contribution in [0, 0.1) is 5.92 Å². The van der Waals surface area contributed by atoms with E-state index in [1.807, 2.05) is 0 Å². The van der Waals surface area contributed by atoms with Crippen molar-refractivity contribution in [1.29, 1.82) is 0 Å². The molecular formula is C12H12F6O. The molecule has 1 aromatic rings. The summed E-state index contributed by atoms with van der Waals surface area (Å²) in [5.41, 5.74) is -3.39. The third-order valence-corrected chi connectivity index (χ3v) is 2.64. The molecular weight excluding hydrogens is 274 g/mol. The van der Waals surface area contributed by atoms with E-state index in [0.717, 1.165) is 0 Å². The lowest BCUT2D eigenvalue weighted by molar-refractivity contribution is -0.144. The molecule has 1 aromatic carbocycles. The highest BCUT2D eigenvalue weighted by Crippen LogP contribution is 2.40. The monoisotopic (exact) mass is 286 g/mol. The van der Waals surface area contributed by atoms with Crippen molar-refractivity contribution in [3.8, 4) is 0 Å². The molecule has 0 aliphatic heterocycles. The quantitative estimate of drug-likeness (QED) is 0.798. The summed E-state index contributed by atoms with van der Waals surface area (Å²) in [5.74, 6) is -0.544. The predicted molar refractivity (Wildman–Crippen MR) is 56.2 cm³/mol. The van der Waals surface area contributed by atoms with Gasteiger partial charge in [-0.25, -0.2) is 0 Å². The third kappa shape index (κ3) is 3.62. The Morgan fingerprint density at radius 1 is 0.947 bits per heavy atom. The molecule has 0 aliphatic carbocycles. The van der Waals surface area contributed by atoms with Gasteiger partial charge in [0.15, 0.2) is 0 Å². The molecule has 19 heavy (non-hydrogen) atoms. The lowest BCUT2D eigenvalue weighted by Crippen LogP contribution is -2.17. The fraction of sp³-hybridized carbons (Fsp3) is 0.500. The second kappa shape index (κ2) is 5.03. The number of aliphatic hydroxyl groups is 1. The molecule has 0 spiro atoms. The van der Waals surface area contributed by atoms with Gasteiger partial charge in [-0.05, 0) is 23.6 Å². The summed E-state index contributed by atoms with van der Waals surface area (Å²) in [6, 6.07) is 1.24. The molecule has 1 nitrogen and oxygen atoms in total. The molecule has 0 heterocycles. The molecule has 1 rings (SSSR count). The van der Waals surface area contributed by atoms with Crippen LogP contribution < -0.4 is 0 Å². The molecule has 1 atom stereocenters. The Morgan fingerprint density at radius 2 is 1.47 bits per heavy atom. The summed E-state index contributed by atoms with van der Waals surface area (Å²) in [4.78, 5) is 0. The number of hydrogen-bond donors (Lipinski definition) is 1. The molecule has 0 saturated carbocycles. The van der Waals surface area contributed by atoms with Gasteiger partial charge in [0, 0.05) is 0 Å². The van der Waals surface area contributed by atoms with Crippen molar-refractivity contribution in [2.24, 2.45) is 5.92 Å². The van der Waals surface area contributed by atoms with Crippen LogP contribution >= 0.6 is 0 Å². The van der Waals surface area contributed by atoms with E-state index < -0.39 is 41.1 Å². The smallest absolute Gasteiger partial charge is 0.388 e. The fourth-order valence-corrected chi connectivity index (χ4v) is 1.60. The molecule has 0 bridgehead atoms. The summed E-state index contributed by atoms with van der Waals surface area (Å²) >= 11 is 0. The van der Waals surface area contributed by atoms with Gasteiger partial charge in [0.25, 0.3) is 0 Å². The van der Waals surface area contributed by atoms with Crippen LogP contribution in [0.5, 0.6) is 0 Å².